The average Bonchev–Trinajstić information content (AvgIpc) is 4.24. The largest absolute Gasteiger partial charge is 0.493 e. The zero-order chi connectivity index (χ0) is 42.4. The topological polar surface area (TPSA) is 62.0 Å². The zero-order valence-electron chi connectivity index (χ0n) is 36.8. The number of hydrogen-bond acceptors (Lipinski definition) is 6. The van der Waals surface area contributed by atoms with Crippen LogP contribution in [0.5, 0.6) is 23.0 Å². The quantitative estimate of drug-likeness (QED) is 0.0904. The highest BCUT2D eigenvalue weighted by molar-refractivity contribution is 5.58. The Kier molecular flexibility index (Phi) is 13.0. The second-order valence-corrected chi connectivity index (χ2v) is 17.0. The Balaban J connectivity index is 1.24. The Bertz CT molecular complexity index is 2200. The van der Waals surface area contributed by atoms with Crippen LogP contribution in [0.3, 0.4) is 0 Å². The first-order valence-corrected chi connectivity index (χ1v) is 23.0. The first-order valence-electron chi connectivity index (χ1n) is 23.0. The molecule has 2 heterocycles. The molecule has 0 spiro atoms. The third-order valence-corrected chi connectivity index (χ3v) is 12.1. The normalized spacial score (nSPS) is 18.8. The molecular weight excluding hydrogens is 769 g/mol. The van der Waals surface area contributed by atoms with Gasteiger partial charge in [0.15, 0.2) is 0 Å². The summed E-state index contributed by atoms with van der Waals surface area (Å²) in [5.41, 5.74) is 13.9. The molecule has 9 rings (SSSR count). The molecule has 1 aliphatic carbocycles. The summed E-state index contributed by atoms with van der Waals surface area (Å²) in [5.74, 6) is 3.78. The molecule has 0 amide bonds. The standard InChI is InChI=1S/C56H60O6/c1-5-25-57-49-39-21-15-22-40(49)30-44-34-48(56-54(62-56)38-19-13-10-14-20-38)36-46(52(44)60-28-8-4)32-42-24-16-23-41(50(42)58-26-6-2)31-45-35-47(33-43(29-39)51(45)59-27-7-3)55-53(61-55)37-17-11-9-12-18-37/h9-24,33-36,53-56H,5-8,25-32H2,1-4H3/t53-,54+,55-,56+. The molecule has 2 fully saturated rings. The molecule has 0 aromatic heterocycles. The minimum absolute atomic E-state index is 0.0164. The third-order valence-electron chi connectivity index (χ3n) is 12.1. The predicted molar refractivity (Wildman–Crippen MR) is 246 cm³/mol. The highest BCUT2D eigenvalue weighted by atomic mass is 16.6. The van der Waals surface area contributed by atoms with Gasteiger partial charge in [0.1, 0.15) is 47.4 Å². The smallest absolute Gasteiger partial charge is 0.126 e. The molecule has 6 aromatic carbocycles. The van der Waals surface area contributed by atoms with Crippen LogP contribution in [0.4, 0.5) is 0 Å². The molecule has 6 aromatic rings. The van der Waals surface area contributed by atoms with Crippen LogP contribution in [0, 0.1) is 0 Å². The molecule has 0 radical (unpaired) electrons. The molecule has 6 heteroatoms. The monoisotopic (exact) mass is 828 g/mol. The van der Waals surface area contributed by atoms with Gasteiger partial charge in [0.2, 0.25) is 0 Å². The van der Waals surface area contributed by atoms with E-state index in [0.717, 1.165) is 93.2 Å². The van der Waals surface area contributed by atoms with Crippen LogP contribution in [0.15, 0.2) is 121 Å². The van der Waals surface area contributed by atoms with Crippen molar-refractivity contribution in [3.05, 3.63) is 188 Å². The van der Waals surface area contributed by atoms with Crippen molar-refractivity contribution in [3.63, 3.8) is 0 Å². The van der Waals surface area contributed by atoms with Crippen LogP contribution in [0.25, 0.3) is 0 Å². The maximum atomic E-state index is 6.83. The minimum Gasteiger partial charge on any atom is -0.493 e. The van der Waals surface area contributed by atoms with E-state index in [1.54, 1.807) is 0 Å². The summed E-state index contributed by atoms with van der Waals surface area (Å²) in [6, 6.07) is 43.8. The van der Waals surface area contributed by atoms with Crippen molar-refractivity contribution in [2.45, 2.75) is 103 Å². The summed E-state index contributed by atoms with van der Waals surface area (Å²) < 4.78 is 40.3. The number of benzene rings is 6. The summed E-state index contributed by atoms with van der Waals surface area (Å²) in [5, 5.41) is 0. The Morgan fingerprint density at radius 1 is 0.339 bits per heavy atom. The number of rotatable bonds is 16. The Labute approximate surface area is 368 Å². The SMILES string of the molecule is CCCOc1c2cccc1Cc1cc([C@@H]3O[C@H]3c3ccccc3)cc(c1OCCC)Cc1cccc(c1OCCC)Cc1cc([C@H]3O[C@@H]3c3ccccc3)cc(c1OCCC)C2. The van der Waals surface area contributed by atoms with E-state index < -0.39 is 0 Å². The first kappa shape index (κ1) is 41.8. The maximum Gasteiger partial charge on any atom is 0.126 e. The minimum atomic E-state index is -0.0391. The van der Waals surface area contributed by atoms with Crippen LogP contribution >= 0.6 is 0 Å². The van der Waals surface area contributed by atoms with E-state index in [2.05, 4.69) is 149 Å². The summed E-state index contributed by atoms with van der Waals surface area (Å²) in [6.45, 7) is 11.2. The summed E-state index contributed by atoms with van der Waals surface area (Å²) in [6.07, 6.45) is 6.16. The van der Waals surface area contributed by atoms with Crippen molar-refractivity contribution in [3.8, 4) is 23.0 Å². The van der Waals surface area contributed by atoms with E-state index in [0.29, 0.717) is 52.1 Å². The van der Waals surface area contributed by atoms with E-state index in [1.807, 2.05) is 0 Å². The number of hydrogen-bond donors (Lipinski definition) is 0. The average molecular weight is 829 g/mol. The van der Waals surface area contributed by atoms with Gasteiger partial charge in [-0.2, -0.15) is 0 Å². The molecule has 3 aliphatic rings. The number of ether oxygens (including phenoxy) is 6. The lowest BCUT2D eigenvalue weighted by Crippen LogP contribution is -2.11. The number of fused-ring (bicyclic) bond motifs is 8. The van der Waals surface area contributed by atoms with Gasteiger partial charge >= 0.3 is 0 Å². The molecule has 0 saturated carbocycles. The van der Waals surface area contributed by atoms with Crippen molar-refractivity contribution in [2.75, 3.05) is 26.4 Å². The van der Waals surface area contributed by atoms with Crippen molar-refractivity contribution >= 4 is 0 Å². The van der Waals surface area contributed by atoms with Crippen LogP contribution in [-0.4, -0.2) is 26.4 Å². The third kappa shape index (κ3) is 9.14. The second-order valence-electron chi connectivity index (χ2n) is 17.0. The van der Waals surface area contributed by atoms with Gasteiger partial charge in [0.25, 0.3) is 0 Å². The highest BCUT2D eigenvalue weighted by Crippen LogP contribution is 2.54. The lowest BCUT2D eigenvalue weighted by Gasteiger charge is -2.23. The second kappa shape index (κ2) is 19.2. The van der Waals surface area contributed by atoms with Crippen LogP contribution in [0.2, 0.25) is 0 Å². The van der Waals surface area contributed by atoms with Gasteiger partial charge in [0.05, 0.1) is 26.4 Å². The molecule has 0 N–H and O–H groups in total. The van der Waals surface area contributed by atoms with E-state index in [9.17, 15) is 0 Å². The van der Waals surface area contributed by atoms with Crippen molar-refractivity contribution < 1.29 is 28.4 Å². The molecule has 320 valence electrons. The molecule has 2 aliphatic heterocycles. The molecular formula is C56H60O6. The summed E-state index contributed by atoms with van der Waals surface area (Å²) in [4.78, 5) is 0. The van der Waals surface area contributed by atoms with E-state index in [4.69, 9.17) is 28.4 Å². The summed E-state index contributed by atoms with van der Waals surface area (Å²) >= 11 is 0. The van der Waals surface area contributed by atoms with Gasteiger partial charge < -0.3 is 28.4 Å². The van der Waals surface area contributed by atoms with Gasteiger partial charge in [-0.15, -0.1) is 0 Å². The van der Waals surface area contributed by atoms with Gasteiger partial charge in [-0.3, -0.25) is 0 Å². The van der Waals surface area contributed by atoms with E-state index >= 15 is 0 Å². The molecule has 2 saturated heterocycles. The number of epoxide rings is 2. The molecule has 0 unspecified atom stereocenters. The zero-order valence-corrected chi connectivity index (χ0v) is 36.8. The van der Waals surface area contributed by atoms with Gasteiger partial charge in [-0.05, 0) is 117 Å². The van der Waals surface area contributed by atoms with Crippen LogP contribution in [-0.2, 0) is 35.2 Å². The molecule has 4 atom stereocenters. The Morgan fingerprint density at radius 2 is 0.613 bits per heavy atom. The van der Waals surface area contributed by atoms with Crippen molar-refractivity contribution in [2.24, 2.45) is 0 Å². The Hall–Kier alpha value is -5.56. The fourth-order valence-corrected chi connectivity index (χ4v) is 9.15. The van der Waals surface area contributed by atoms with Gasteiger partial charge in [-0.25, -0.2) is 0 Å². The first-order chi connectivity index (χ1) is 30.6. The lowest BCUT2D eigenvalue weighted by atomic mass is 9.88. The summed E-state index contributed by atoms with van der Waals surface area (Å²) in [7, 11) is 0. The van der Waals surface area contributed by atoms with Crippen molar-refractivity contribution in [1.29, 1.82) is 0 Å². The highest BCUT2D eigenvalue weighted by Gasteiger charge is 2.43. The van der Waals surface area contributed by atoms with Gasteiger partial charge in [0, 0.05) is 25.7 Å². The van der Waals surface area contributed by atoms with Crippen LogP contribution < -0.4 is 18.9 Å². The fraction of sp³-hybridized carbons (Fsp3) is 0.357. The van der Waals surface area contributed by atoms with Crippen LogP contribution in [0.1, 0.15) is 145 Å². The Morgan fingerprint density at radius 3 is 0.903 bits per heavy atom. The predicted octanol–water partition coefficient (Wildman–Crippen LogP) is 13.1. The number of para-hydroxylation sites is 2. The molecule has 62 heavy (non-hydrogen) atoms. The maximum absolute atomic E-state index is 6.83. The molecule has 6 nitrogen and oxygen atoms in total. The van der Waals surface area contributed by atoms with Crippen molar-refractivity contribution in [1.82, 2.24) is 0 Å². The van der Waals surface area contributed by atoms with E-state index in [-0.39, 0.29) is 24.4 Å². The molecule has 8 bridgehead atoms. The lowest BCUT2D eigenvalue weighted by molar-refractivity contribution is 0.304. The van der Waals surface area contributed by atoms with Gasteiger partial charge in [-0.1, -0.05) is 125 Å². The fourth-order valence-electron chi connectivity index (χ4n) is 9.15. The van der Waals surface area contributed by atoms with E-state index in [1.165, 1.54) is 22.3 Å².